The lowest BCUT2D eigenvalue weighted by Crippen LogP contribution is -2.26. The van der Waals surface area contributed by atoms with E-state index in [1.54, 1.807) is 6.92 Å². The van der Waals surface area contributed by atoms with Gasteiger partial charge in [0.05, 0.1) is 0 Å². The normalized spacial score (nSPS) is 11.3. The second-order valence-electron chi connectivity index (χ2n) is 2.66. The molecule has 0 saturated carbocycles. The van der Waals surface area contributed by atoms with Gasteiger partial charge in [-0.3, -0.25) is 4.98 Å². The Morgan fingerprint density at radius 1 is 1.54 bits per heavy atom. The highest BCUT2D eigenvalue weighted by Gasteiger charge is 2.37. The van der Waals surface area contributed by atoms with Crippen molar-refractivity contribution in [1.82, 2.24) is 4.98 Å². The Bertz CT molecular complexity index is 323. The first-order valence-electron chi connectivity index (χ1n) is 3.55. The van der Waals surface area contributed by atoms with E-state index in [-0.39, 0.29) is 0 Å². The first kappa shape index (κ1) is 9.83. The zero-order chi connectivity index (χ0) is 10.1. The van der Waals surface area contributed by atoms with Gasteiger partial charge in [-0.1, -0.05) is 6.07 Å². The van der Waals surface area contributed by atoms with Gasteiger partial charge in [-0.05, 0) is 18.6 Å². The van der Waals surface area contributed by atoms with Crippen LogP contribution < -0.4 is 0 Å². The molecule has 0 aliphatic rings. The van der Waals surface area contributed by atoms with Crippen LogP contribution in [0.1, 0.15) is 11.3 Å². The SMILES string of the molecule is [B]C(=O)C(F)(F)c1ccc(C)cn1. The zero-order valence-corrected chi connectivity index (χ0v) is 6.92. The molecule has 13 heavy (non-hydrogen) atoms. The molecule has 0 bridgehead atoms. The minimum atomic E-state index is -3.69. The van der Waals surface area contributed by atoms with Crippen molar-refractivity contribution in [3.63, 3.8) is 0 Å². The van der Waals surface area contributed by atoms with Gasteiger partial charge in [0.15, 0.2) is 7.85 Å². The first-order chi connectivity index (χ1) is 5.94. The van der Waals surface area contributed by atoms with Crippen LogP contribution in [-0.4, -0.2) is 18.5 Å². The Labute approximate surface area is 75.4 Å². The van der Waals surface area contributed by atoms with Crippen LogP contribution in [0.25, 0.3) is 0 Å². The summed E-state index contributed by atoms with van der Waals surface area (Å²) in [5.41, 5.74) is -1.57. The maximum Gasteiger partial charge on any atom is 0.336 e. The molecule has 5 heteroatoms. The number of pyridine rings is 1. The summed E-state index contributed by atoms with van der Waals surface area (Å²) in [7, 11) is 4.51. The summed E-state index contributed by atoms with van der Waals surface area (Å²) in [6.45, 7) is 1.71. The first-order valence-corrected chi connectivity index (χ1v) is 3.55. The smallest absolute Gasteiger partial charge is 0.306 e. The molecule has 0 fully saturated rings. The van der Waals surface area contributed by atoms with Gasteiger partial charge in [-0.2, -0.15) is 8.78 Å². The van der Waals surface area contributed by atoms with E-state index in [0.29, 0.717) is 0 Å². The van der Waals surface area contributed by atoms with Crippen molar-refractivity contribution in [2.75, 3.05) is 0 Å². The summed E-state index contributed by atoms with van der Waals surface area (Å²) in [6, 6.07) is 2.53. The van der Waals surface area contributed by atoms with Crippen molar-refractivity contribution in [2.45, 2.75) is 12.8 Å². The quantitative estimate of drug-likeness (QED) is 0.641. The third-order valence-corrected chi connectivity index (χ3v) is 1.54. The number of aromatic nitrogens is 1. The van der Waals surface area contributed by atoms with Gasteiger partial charge >= 0.3 is 5.92 Å². The van der Waals surface area contributed by atoms with Crippen LogP contribution >= 0.6 is 0 Å². The molecular formula is C8H6BF2NO. The van der Waals surface area contributed by atoms with Crippen molar-refractivity contribution >= 4 is 13.5 Å². The highest BCUT2D eigenvalue weighted by molar-refractivity contribution is 6.59. The monoisotopic (exact) mass is 181 g/mol. The molecule has 1 rings (SSSR count). The van der Waals surface area contributed by atoms with Gasteiger partial charge in [0.1, 0.15) is 11.4 Å². The van der Waals surface area contributed by atoms with Crippen molar-refractivity contribution in [3.05, 3.63) is 29.6 Å². The molecule has 0 aliphatic heterocycles. The van der Waals surface area contributed by atoms with E-state index in [9.17, 15) is 13.6 Å². The Morgan fingerprint density at radius 3 is 2.54 bits per heavy atom. The fourth-order valence-corrected chi connectivity index (χ4v) is 0.780. The number of rotatable bonds is 2. The summed E-state index contributed by atoms with van der Waals surface area (Å²) in [5.74, 6) is -3.69. The Balaban J connectivity index is 3.08. The second-order valence-corrected chi connectivity index (χ2v) is 2.66. The molecule has 2 nitrogen and oxygen atoms in total. The van der Waals surface area contributed by atoms with Gasteiger partial charge in [0, 0.05) is 6.20 Å². The number of halogens is 2. The molecule has 0 spiro atoms. The molecule has 0 aromatic carbocycles. The van der Waals surface area contributed by atoms with Crippen LogP contribution in [0.5, 0.6) is 0 Å². The molecule has 2 radical (unpaired) electrons. The molecule has 1 aromatic heterocycles. The van der Waals surface area contributed by atoms with Crippen molar-refractivity contribution in [1.29, 1.82) is 0 Å². The molecular weight excluding hydrogens is 175 g/mol. The van der Waals surface area contributed by atoms with Crippen molar-refractivity contribution < 1.29 is 13.6 Å². The summed E-state index contributed by atoms with van der Waals surface area (Å²) in [5, 5.41) is 0. The maximum absolute atomic E-state index is 12.9. The highest BCUT2D eigenvalue weighted by atomic mass is 19.3. The predicted molar refractivity (Wildman–Crippen MR) is 43.6 cm³/mol. The minimum absolute atomic E-state index is 0.620. The van der Waals surface area contributed by atoms with Crippen LogP contribution in [0.2, 0.25) is 0 Å². The summed E-state index contributed by atoms with van der Waals surface area (Å²) >= 11 is 0. The number of aryl methyl sites for hydroxylation is 1. The van der Waals surface area contributed by atoms with E-state index in [4.69, 9.17) is 0 Å². The molecule has 0 atom stereocenters. The lowest BCUT2D eigenvalue weighted by molar-refractivity contribution is -0.135. The Morgan fingerprint density at radius 2 is 2.15 bits per heavy atom. The summed E-state index contributed by atoms with van der Waals surface area (Å²) in [4.78, 5) is 13.8. The molecule has 0 amide bonds. The molecule has 0 N–H and O–H groups in total. The molecule has 1 aromatic rings. The molecule has 0 unspecified atom stereocenters. The van der Waals surface area contributed by atoms with Crippen LogP contribution in [0.3, 0.4) is 0 Å². The fourth-order valence-electron chi connectivity index (χ4n) is 0.780. The van der Waals surface area contributed by atoms with Gasteiger partial charge in [-0.25, -0.2) is 0 Å². The van der Waals surface area contributed by atoms with E-state index in [1.807, 2.05) is 0 Å². The van der Waals surface area contributed by atoms with E-state index in [2.05, 4.69) is 12.8 Å². The lowest BCUT2D eigenvalue weighted by Gasteiger charge is -2.11. The number of carbonyl (C=O) groups excluding carboxylic acids is 1. The van der Waals surface area contributed by atoms with Crippen LogP contribution in [0.15, 0.2) is 18.3 Å². The Kier molecular flexibility index (Phi) is 2.45. The van der Waals surface area contributed by atoms with Gasteiger partial charge in [0.25, 0.3) is 0 Å². The zero-order valence-electron chi connectivity index (χ0n) is 6.92. The number of alkyl halides is 2. The summed E-state index contributed by atoms with van der Waals surface area (Å²) < 4.78 is 25.7. The van der Waals surface area contributed by atoms with E-state index in [1.165, 1.54) is 12.3 Å². The number of hydrogen-bond acceptors (Lipinski definition) is 2. The average molecular weight is 181 g/mol. The van der Waals surface area contributed by atoms with Crippen molar-refractivity contribution in [3.8, 4) is 0 Å². The lowest BCUT2D eigenvalue weighted by atomic mass is 9.94. The third kappa shape index (κ3) is 1.91. The minimum Gasteiger partial charge on any atom is -0.306 e. The molecule has 1 heterocycles. The average Bonchev–Trinajstić information content (AvgIpc) is 2.04. The largest absolute Gasteiger partial charge is 0.336 e. The van der Waals surface area contributed by atoms with E-state index in [0.717, 1.165) is 11.6 Å². The maximum atomic E-state index is 12.9. The van der Waals surface area contributed by atoms with Crippen LogP contribution in [0.4, 0.5) is 8.78 Å². The molecule has 0 aliphatic carbocycles. The number of hydrogen-bond donors (Lipinski definition) is 0. The van der Waals surface area contributed by atoms with E-state index < -0.39 is 17.3 Å². The van der Waals surface area contributed by atoms with Crippen LogP contribution in [-0.2, 0) is 10.7 Å². The van der Waals surface area contributed by atoms with Gasteiger partial charge < -0.3 is 4.79 Å². The topological polar surface area (TPSA) is 30.0 Å². The van der Waals surface area contributed by atoms with Crippen molar-refractivity contribution in [2.24, 2.45) is 0 Å². The van der Waals surface area contributed by atoms with Crippen LogP contribution in [0, 0.1) is 6.92 Å². The highest BCUT2D eigenvalue weighted by Crippen LogP contribution is 2.25. The van der Waals surface area contributed by atoms with Gasteiger partial charge in [0.2, 0.25) is 0 Å². The number of nitrogens with zero attached hydrogens (tertiary/aromatic N) is 1. The molecule has 0 saturated heterocycles. The standard InChI is InChI=1S/C8H6BF2NO/c1-5-2-3-6(12-4-5)8(10,11)7(9)13/h2-4H,1H3. The molecule has 66 valence electrons. The second kappa shape index (κ2) is 3.24. The predicted octanol–water partition coefficient (Wildman–Crippen LogP) is 1.18. The van der Waals surface area contributed by atoms with E-state index >= 15 is 0 Å². The third-order valence-electron chi connectivity index (χ3n) is 1.54. The number of carbonyl (C=O) groups is 1. The summed E-state index contributed by atoms with van der Waals surface area (Å²) in [6.07, 6.45) is 1.26. The fraction of sp³-hybridized carbons (Fsp3) is 0.250. The van der Waals surface area contributed by atoms with Gasteiger partial charge in [-0.15, -0.1) is 0 Å². The Hall–Kier alpha value is -1.26.